The molecule has 0 saturated heterocycles. The number of anilines is 1. The Morgan fingerprint density at radius 3 is 2.50 bits per heavy atom. The van der Waals surface area contributed by atoms with Gasteiger partial charge < -0.3 is 14.8 Å². The van der Waals surface area contributed by atoms with Gasteiger partial charge >= 0.3 is 5.97 Å². The number of halogens is 1. The minimum Gasteiger partial charge on any atom is -0.488 e. The van der Waals surface area contributed by atoms with Crippen LogP contribution in [0.15, 0.2) is 77.7 Å². The lowest BCUT2D eigenvalue weighted by Crippen LogP contribution is -2.21. The first-order valence-electron chi connectivity index (χ1n) is 9.59. The summed E-state index contributed by atoms with van der Waals surface area (Å²) in [5, 5.41) is 11.4. The number of ether oxygens (including phenoxy) is 2. The first-order chi connectivity index (χ1) is 15.6. The molecule has 1 amide bonds. The minimum absolute atomic E-state index is 0.141. The van der Waals surface area contributed by atoms with Gasteiger partial charge in [0.1, 0.15) is 23.7 Å². The van der Waals surface area contributed by atoms with Gasteiger partial charge in [0.05, 0.1) is 17.5 Å². The number of carbonyl (C=O) groups excluding carboxylic acids is 2. The third kappa shape index (κ3) is 6.59. The fourth-order valence-electron chi connectivity index (χ4n) is 2.70. The van der Waals surface area contributed by atoms with Crippen LogP contribution in [-0.4, -0.2) is 24.2 Å². The second-order valence-corrected chi connectivity index (χ2v) is 7.50. The lowest BCUT2D eigenvalue weighted by molar-refractivity contribution is -0.119. The molecule has 0 aliphatic rings. The van der Waals surface area contributed by atoms with E-state index in [9.17, 15) is 14.0 Å². The number of hydrogen-bond acceptors (Lipinski definition) is 6. The zero-order chi connectivity index (χ0) is 22.8. The number of esters is 1. The Bertz CT molecular complexity index is 1130. The molecule has 0 saturated carbocycles. The largest absolute Gasteiger partial charge is 0.488 e. The lowest BCUT2D eigenvalue weighted by atomic mass is 10.2. The number of hydrogen-bond donors (Lipinski definition) is 1. The van der Waals surface area contributed by atoms with E-state index in [1.54, 1.807) is 54.6 Å². The molecular weight excluding hydrogens is 431 g/mol. The van der Waals surface area contributed by atoms with Crippen molar-refractivity contribution in [2.75, 3.05) is 17.7 Å². The van der Waals surface area contributed by atoms with Gasteiger partial charge in [-0.15, -0.1) is 11.8 Å². The highest BCUT2D eigenvalue weighted by molar-refractivity contribution is 7.99. The maximum absolute atomic E-state index is 13.0. The van der Waals surface area contributed by atoms with Crippen molar-refractivity contribution in [2.45, 2.75) is 11.5 Å². The fraction of sp³-hybridized carbons (Fsp3) is 0.125. The Balaban J connectivity index is 1.58. The molecule has 0 unspecified atom stereocenters. The van der Waals surface area contributed by atoms with E-state index in [-0.39, 0.29) is 23.7 Å². The predicted octanol–water partition coefficient (Wildman–Crippen LogP) is 4.82. The quantitative estimate of drug-likeness (QED) is 0.372. The van der Waals surface area contributed by atoms with E-state index < -0.39 is 18.5 Å². The van der Waals surface area contributed by atoms with Crippen LogP contribution in [0.2, 0.25) is 0 Å². The molecule has 0 aromatic heterocycles. The molecule has 0 atom stereocenters. The topological polar surface area (TPSA) is 88.4 Å². The Morgan fingerprint density at radius 2 is 1.72 bits per heavy atom. The highest BCUT2D eigenvalue weighted by Crippen LogP contribution is 2.26. The Kier molecular flexibility index (Phi) is 8.23. The van der Waals surface area contributed by atoms with Crippen LogP contribution in [0, 0.1) is 17.1 Å². The van der Waals surface area contributed by atoms with Gasteiger partial charge in [0, 0.05) is 4.90 Å². The SMILES string of the molecule is N#CCSc1ccccc1NC(=O)COC(=O)c1ccccc1OCc1ccc(F)cc1. The molecule has 32 heavy (non-hydrogen) atoms. The normalized spacial score (nSPS) is 10.1. The van der Waals surface area contributed by atoms with Crippen LogP contribution in [-0.2, 0) is 16.1 Å². The molecule has 0 aliphatic heterocycles. The van der Waals surface area contributed by atoms with Crippen molar-refractivity contribution in [1.82, 2.24) is 0 Å². The molecular formula is C24H19FN2O4S. The van der Waals surface area contributed by atoms with Crippen molar-refractivity contribution in [2.24, 2.45) is 0 Å². The second kappa shape index (κ2) is 11.5. The van der Waals surface area contributed by atoms with Gasteiger partial charge in [0.15, 0.2) is 6.61 Å². The predicted molar refractivity (Wildman–Crippen MR) is 119 cm³/mol. The molecule has 0 spiro atoms. The zero-order valence-electron chi connectivity index (χ0n) is 16.9. The van der Waals surface area contributed by atoms with Gasteiger partial charge in [-0.3, -0.25) is 4.79 Å². The number of benzene rings is 3. The van der Waals surface area contributed by atoms with E-state index in [4.69, 9.17) is 14.7 Å². The smallest absolute Gasteiger partial charge is 0.342 e. The van der Waals surface area contributed by atoms with Gasteiger partial charge in [0.2, 0.25) is 0 Å². The molecule has 8 heteroatoms. The monoisotopic (exact) mass is 450 g/mol. The van der Waals surface area contributed by atoms with Gasteiger partial charge in [-0.25, -0.2) is 9.18 Å². The summed E-state index contributed by atoms with van der Waals surface area (Å²) in [7, 11) is 0. The molecule has 3 rings (SSSR count). The summed E-state index contributed by atoms with van der Waals surface area (Å²) in [6.07, 6.45) is 0. The fourth-order valence-corrected chi connectivity index (χ4v) is 3.37. The first kappa shape index (κ1) is 22.8. The molecule has 162 valence electrons. The van der Waals surface area contributed by atoms with E-state index in [1.165, 1.54) is 30.0 Å². The Labute approximate surface area is 189 Å². The van der Waals surface area contributed by atoms with E-state index >= 15 is 0 Å². The van der Waals surface area contributed by atoms with Crippen LogP contribution < -0.4 is 10.1 Å². The average molecular weight is 450 g/mol. The van der Waals surface area contributed by atoms with Crippen LogP contribution >= 0.6 is 11.8 Å². The van der Waals surface area contributed by atoms with E-state index in [2.05, 4.69) is 5.32 Å². The van der Waals surface area contributed by atoms with Gasteiger partial charge in [0.25, 0.3) is 5.91 Å². The van der Waals surface area contributed by atoms with E-state index in [0.717, 1.165) is 10.5 Å². The number of nitrogens with one attached hydrogen (secondary N) is 1. The maximum atomic E-state index is 13.0. The summed E-state index contributed by atoms with van der Waals surface area (Å²) < 4.78 is 23.9. The minimum atomic E-state index is -0.706. The van der Waals surface area contributed by atoms with Gasteiger partial charge in [-0.2, -0.15) is 5.26 Å². The van der Waals surface area contributed by atoms with Crippen molar-refractivity contribution in [3.8, 4) is 11.8 Å². The van der Waals surface area contributed by atoms with Crippen LogP contribution in [0.5, 0.6) is 5.75 Å². The number of thioether (sulfide) groups is 1. The molecule has 3 aromatic carbocycles. The maximum Gasteiger partial charge on any atom is 0.342 e. The summed E-state index contributed by atoms with van der Waals surface area (Å²) in [5.74, 6) is -1.02. The molecule has 0 radical (unpaired) electrons. The molecule has 0 bridgehead atoms. The number of nitriles is 1. The molecule has 3 aromatic rings. The molecule has 0 heterocycles. The first-order valence-corrected chi connectivity index (χ1v) is 10.6. The number of carbonyl (C=O) groups is 2. The van der Waals surface area contributed by atoms with E-state index in [1.807, 2.05) is 6.07 Å². The van der Waals surface area contributed by atoms with Crippen LogP contribution in [0.25, 0.3) is 0 Å². The standard InChI is InChI=1S/C24H19FN2O4S/c25-18-11-9-17(10-12-18)15-30-21-7-3-1-5-19(21)24(29)31-16-23(28)27-20-6-2-4-8-22(20)32-14-13-26/h1-12H,14-16H2,(H,27,28). The summed E-state index contributed by atoms with van der Waals surface area (Å²) in [4.78, 5) is 25.5. The van der Waals surface area contributed by atoms with Crippen LogP contribution in [0.1, 0.15) is 15.9 Å². The average Bonchev–Trinajstić information content (AvgIpc) is 2.82. The Morgan fingerprint density at radius 1 is 1.00 bits per heavy atom. The van der Waals surface area contributed by atoms with Crippen molar-refractivity contribution in [1.29, 1.82) is 5.26 Å². The number of amides is 1. The Hall–Kier alpha value is -3.83. The number of rotatable bonds is 9. The third-order valence-electron chi connectivity index (χ3n) is 4.20. The summed E-state index contributed by atoms with van der Waals surface area (Å²) in [6, 6.07) is 21.4. The van der Waals surface area contributed by atoms with Crippen molar-refractivity contribution < 1.29 is 23.5 Å². The molecule has 1 N–H and O–H groups in total. The van der Waals surface area contributed by atoms with Crippen molar-refractivity contribution in [3.05, 3.63) is 89.7 Å². The van der Waals surface area contributed by atoms with Gasteiger partial charge in [-0.05, 0) is 42.0 Å². The van der Waals surface area contributed by atoms with Gasteiger partial charge in [-0.1, -0.05) is 36.4 Å². The summed E-state index contributed by atoms with van der Waals surface area (Å²) >= 11 is 1.30. The zero-order valence-corrected chi connectivity index (χ0v) is 17.7. The van der Waals surface area contributed by atoms with Crippen LogP contribution in [0.3, 0.4) is 0 Å². The lowest BCUT2D eigenvalue weighted by Gasteiger charge is -2.12. The second-order valence-electron chi connectivity index (χ2n) is 6.48. The number of nitrogens with zero attached hydrogens (tertiary/aromatic N) is 1. The van der Waals surface area contributed by atoms with Crippen molar-refractivity contribution in [3.63, 3.8) is 0 Å². The number of para-hydroxylation sites is 2. The molecule has 0 aliphatic carbocycles. The van der Waals surface area contributed by atoms with Crippen LogP contribution in [0.4, 0.5) is 10.1 Å². The summed E-state index contributed by atoms with van der Waals surface area (Å²) in [5.41, 5.74) is 1.45. The highest BCUT2D eigenvalue weighted by Gasteiger charge is 2.16. The van der Waals surface area contributed by atoms with E-state index in [0.29, 0.717) is 11.4 Å². The van der Waals surface area contributed by atoms with Crippen molar-refractivity contribution >= 4 is 29.3 Å². The molecule has 0 fully saturated rings. The third-order valence-corrected chi connectivity index (χ3v) is 5.14. The molecule has 6 nitrogen and oxygen atoms in total. The highest BCUT2D eigenvalue weighted by atomic mass is 32.2. The summed E-state index contributed by atoms with van der Waals surface area (Å²) in [6.45, 7) is -0.343.